The van der Waals surface area contributed by atoms with Crippen LogP contribution in [-0.4, -0.2) is 4.98 Å². The molecular weight excluding hydrogens is 302 g/mol. The number of nitrogens with zero attached hydrogens (tertiary/aromatic N) is 1. The number of benzene rings is 2. The Morgan fingerprint density at radius 2 is 1.48 bits per heavy atom. The summed E-state index contributed by atoms with van der Waals surface area (Å²) in [5.74, 6) is 0.509. The Balaban J connectivity index is 1.74. The Bertz CT molecular complexity index is 708. The van der Waals surface area contributed by atoms with Crippen LogP contribution in [0.5, 0.6) is 0 Å². The van der Waals surface area contributed by atoms with Crippen LogP contribution in [0, 0.1) is 0 Å². The van der Waals surface area contributed by atoms with Gasteiger partial charge in [0.05, 0.1) is 0 Å². The third kappa shape index (κ3) is 4.67. The van der Waals surface area contributed by atoms with Crippen molar-refractivity contribution in [2.24, 2.45) is 0 Å². The number of pyridine rings is 1. The lowest BCUT2D eigenvalue weighted by Crippen LogP contribution is -2.05. The first kappa shape index (κ1) is 15.8. The average molecular weight is 322 g/mol. The van der Waals surface area contributed by atoms with E-state index in [0.29, 0.717) is 11.1 Å². The van der Waals surface area contributed by atoms with Crippen molar-refractivity contribution in [3.63, 3.8) is 0 Å². The highest BCUT2D eigenvalue weighted by molar-refractivity contribution is 6.29. The van der Waals surface area contributed by atoms with Crippen LogP contribution >= 0.6 is 11.6 Å². The minimum absolute atomic E-state index is 0.509. The summed E-state index contributed by atoms with van der Waals surface area (Å²) in [4.78, 5) is 4.18. The van der Waals surface area contributed by atoms with E-state index in [1.807, 2.05) is 12.3 Å². The van der Waals surface area contributed by atoms with Crippen molar-refractivity contribution in [3.05, 3.63) is 101 Å². The third-order valence-corrected chi connectivity index (χ3v) is 4.39. The molecule has 0 fully saturated rings. The monoisotopic (exact) mass is 321 g/mol. The first-order chi connectivity index (χ1) is 11.3. The van der Waals surface area contributed by atoms with Crippen molar-refractivity contribution in [1.29, 1.82) is 0 Å². The Morgan fingerprint density at radius 3 is 2.13 bits per heavy atom. The normalized spacial score (nSPS) is 12.0. The molecule has 116 valence electrons. The molecule has 0 amide bonds. The zero-order valence-corrected chi connectivity index (χ0v) is 13.8. The SMILES string of the molecule is Clc1ccc(CCC(Cc2ccccc2)c2ccccc2)cn1. The van der Waals surface area contributed by atoms with Gasteiger partial charge in [-0.3, -0.25) is 0 Å². The van der Waals surface area contributed by atoms with Crippen molar-refractivity contribution >= 4 is 11.6 Å². The molecule has 0 aliphatic carbocycles. The predicted octanol–water partition coefficient (Wildman–Crippen LogP) is 5.69. The first-order valence-electron chi connectivity index (χ1n) is 8.00. The van der Waals surface area contributed by atoms with E-state index in [1.165, 1.54) is 16.7 Å². The zero-order valence-electron chi connectivity index (χ0n) is 13.0. The standard InChI is InChI=1S/C21H20ClN/c22-21-14-12-18(16-23-21)11-13-20(19-9-5-2-6-10-19)15-17-7-3-1-4-8-17/h1-10,12,14,16,20H,11,13,15H2. The fourth-order valence-corrected chi connectivity index (χ4v) is 3.02. The average Bonchev–Trinajstić information content (AvgIpc) is 2.61. The number of rotatable bonds is 6. The van der Waals surface area contributed by atoms with Crippen LogP contribution in [-0.2, 0) is 12.8 Å². The molecule has 1 unspecified atom stereocenters. The summed E-state index contributed by atoms with van der Waals surface area (Å²) in [6, 6.07) is 25.4. The Kier molecular flexibility index (Phi) is 5.44. The summed E-state index contributed by atoms with van der Waals surface area (Å²) in [6.07, 6.45) is 5.05. The number of hydrogen-bond donors (Lipinski definition) is 0. The van der Waals surface area contributed by atoms with Crippen molar-refractivity contribution in [3.8, 4) is 0 Å². The van der Waals surface area contributed by atoms with Gasteiger partial charge in [0.25, 0.3) is 0 Å². The fraction of sp³-hybridized carbons (Fsp3) is 0.190. The third-order valence-electron chi connectivity index (χ3n) is 4.17. The summed E-state index contributed by atoms with van der Waals surface area (Å²) >= 11 is 5.87. The number of aryl methyl sites for hydroxylation is 1. The minimum atomic E-state index is 0.509. The van der Waals surface area contributed by atoms with Crippen LogP contribution in [0.25, 0.3) is 0 Å². The highest BCUT2D eigenvalue weighted by Gasteiger charge is 2.12. The van der Waals surface area contributed by atoms with Gasteiger partial charge in [-0.25, -0.2) is 4.98 Å². The van der Waals surface area contributed by atoms with Gasteiger partial charge < -0.3 is 0 Å². The van der Waals surface area contributed by atoms with Crippen LogP contribution < -0.4 is 0 Å². The van der Waals surface area contributed by atoms with Gasteiger partial charge in [-0.05, 0) is 47.9 Å². The molecule has 1 atom stereocenters. The second kappa shape index (κ2) is 7.94. The van der Waals surface area contributed by atoms with E-state index >= 15 is 0 Å². The van der Waals surface area contributed by atoms with E-state index in [1.54, 1.807) is 0 Å². The van der Waals surface area contributed by atoms with Gasteiger partial charge in [-0.2, -0.15) is 0 Å². The maximum atomic E-state index is 5.87. The maximum absolute atomic E-state index is 5.87. The molecule has 1 aromatic heterocycles. The molecule has 0 bridgehead atoms. The Morgan fingerprint density at radius 1 is 0.783 bits per heavy atom. The van der Waals surface area contributed by atoms with E-state index in [2.05, 4.69) is 71.7 Å². The van der Waals surface area contributed by atoms with E-state index in [0.717, 1.165) is 19.3 Å². The van der Waals surface area contributed by atoms with Crippen molar-refractivity contribution < 1.29 is 0 Å². The summed E-state index contributed by atoms with van der Waals surface area (Å²) in [7, 11) is 0. The first-order valence-corrected chi connectivity index (χ1v) is 8.38. The summed E-state index contributed by atoms with van der Waals surface area (Å²) < 4.78 is 0. The quantitative estimate of drug-likeness (QED) is 0.531. The molecule has 3 aromatic rings. The molecule has 0 saturated carbocycles. The maximum Gasteiger partial charge on any atom is 0.129 e. The molecule has 0 N–H and O–H groups in total. The Labute approximate surface area is 143 Å². The summed E-state index contributed by atoms with van der Waals surface area (Å²) in [5.41, 5.74) is 4.03. The van der Waals surface area contributed by atoms with Gasteiger partial charge in [0.1, 0.15) is 5.15 Å². The largest absolute Gasteiger partial charge is 0.244 e. The molecule has 0 radical (unpaired) electrons. The number of aromatic nitrogens is 1. The lowest BCUT2D eigenvalue weighted by molar-refractivity contribution is 0.620. The highest BCUT2D eigenvalue weighted by atomic mass is 35.5. The molecule has 3 rings (SSSR count). The van der Waals surface area contributed by atoms with Crippen molar-refractivity contribution in [1.82, 2.24) is 4.98 Å². The second-order valence-corrected chi connectivity index (χ2v) is 6.21. The molecule has 1 heterocycles. The van der Waals surface area contributed by atoms with E-state index in [-0.39, 0.29) is 0 Å². The van der Waals surface area contributed by atoms with Gasteiger partial charge in [0.2, 0.25) is 0 Å². The minimum Gasteiger partial charge on any atom is -0.244 e. The molecule has 0 saturated heterocycles. The summed E-state index contributed by atoms with van der Waals surface area (Å²) in [6.45, 7) is 0. The van der Waals surface area contributed by atoms with Crippen LogP contribution in [0.4, 0.5) is 0 Å². The topological polar surface area (TPSA) is 12.9 Å². The lowest BCUT2D eigenvalue weighted by Gasteiger charge is -2.18. The molecular formula is C21H20ClN. The molecule has 23 heavy (non-hydrogen) atoms. The van der Waals surface area contributed by atoms with E-state index in [9.17, 15) is 0 Å². The molecule has 0 spiro atoms. The Hall–Kier alpha value is -2.12. The van der Waals surface area contributed by atoms with Crippen LogP contribution in [0.15, 0.2) is 79.0 Å². The molecule has 2 aromatic carbocycles. The van der Waals surface area contributed by atoms with E-state index < -0.39 is 0 Å². The van der Waals surface area contributed by atoms with Crippen LogP contribution in [0.2, 0.25) is 5.15 Å². The molecule has 2 heteroatoms. The molecule has 0 aliphatic heterocycles. The number of hydrogen-bond acceptors (Lipinski definition) is 1. The van der Waals surface area contributed by atoms with Gasteiger partial charge in [0, 0.05) is 6.20 Å². The highest BCUT2D eigenvalue weighted by Crippen LogP contribution is 2.26. The molecule has 0 aliphatic rings. The van der Waals surface area contributed by atoms with Crippen molar-refractivity contribution in [2.45, 2.75) is 25.2 Å². The smallest absolute Gasteiger partial charge is 0.129 e. The van der Waals surface area contributed by atoms with E-state index in [4.69, 9.17) is 11.6 Å². The second-order valence-electron chi connectivity index (χ2n) is 5.83. The van der Waals surface area contributed by atoms with Gasteiger partial charge in [-0.15, -0.1) is 0 Å². The zero-order chi connectivity index (χ0) is 15.9. The van der Waals surface area contributed by atoms with Crippen LogP contribution in [0.3, 0.4) is 0 Å². The number of halogens is 1. The molecule has 1 nitrogen and oxygen atoms in total. The fourth-order valence-electron chi connectivity index (χ4n) is 2.91. The van der Waals surface area contributed by atoms with Gasteiger partial charge >= 0.3 is 0 Å². The predicted molar refractivity (Wildman–Crippen MR) is 96.9 cm³/mol. The van der Waals surface area contributed by atoms with Crippen molar-refractivity contribution in [2.75, 3.05) is 0 Å². The van der Waals surface area contributed by atoms with Gasteiger partial charge in [-0.1, -0.05) is 78.3 Å². The van der Waals surface area contributed by atoms with Gasteiger partial charge in [0.15, 0.2) is 0 Å². The lowest BCUT2D eigenvalue weighted by atomic mass is 9.87. The summed E-state index contributed by atoms with van der Waals surface area (Å²) in [5, 5.41) is 0.553. The van der Waals surface area contributed by atoms with Crippen LogP contribution in [0.1, 0.15) is 29.0 Å².